The summed E-state index contributed by atoms with van der Waals surface area (Å²) in [4.78, 5) is 22.7. The van der Waals surface area contributed by atoms with Crippen molar-refractivity contribution in [3.63, 3.8) is 0 Å². The number of carbonyl (C=O) groups is 2. The summed E-state index contributed by atoms with van der Waals surface area (Å²) < 4.78 is 0. The van der Waals surface area contributed by atoms with Crippen LogP contribution in [0.25, 0.3) is 0 Å². The molecule has 0 aliphatic heterocycles. The number of aliphatic hydroxyl groups excluding tert-OH is 1. The third-order valence-electron chi connectivity index (χ3n) is 2.92. The number of rotatable bonds is 8. The van der Waals surface area contributed by atoms with Gasteiger partial charge in [-0.2, -0.15) is 0 Å². The highest BCUT2D eigenvalue weighted by Crippen LogP contribution is 2.09. The minimum atomic E-state index is -0.247. The van der Waals surface area contributed by atoms with Crippen LogP contribution in [0, 0.1) is 0 Å². The molecule has 1 aromatic carbocycles. The summed E-state index contributed by atoms with van der Waals surface area (Å²) in [5.41, 5.74) is 1.28. The lowest BCUT2D eigenvalue weighted by Crippen LogP contribution is -2.29. The van der Waals surface area contributed by atoms with Gasteiger partial charge in [0.2, 0.25) is 0 Å². The largest absolute Gasteiger partial charge is 0.396 e. The van der Waals surface area contributed by atoms with Crippen molar-refractivity contribution in [3.05, 3.63) is 29.8 Å². The van der Waals surface area contributed by atoms with E-state index in [1.165, 1.54) is 6.92 Å². The fraction of sp³-hybridized carbons (Fsp3) is 0.467. The summed E-state index contributed by atoms with van der Waals surface area (Å²) in [6, 6.07) is 6.54. The topological polar surface area (TPSA) is 78.4 Å². The molecule has 0 saturated carbocycles. The number of Topliss-reactive ketones (excluding diaryl/α,β-unsaturated/α-hetero) is 1. The second kappa shape index (κ2) is 9.09. The Morgan fingerprint density at radius 1 is 1.05 bits per heavy atom. The fourth-order valence-corrected chi connectivity index (χ4v) is 1.76. The van der Waals surface area contributed by atoms with Gasteiger partial charge in [0.15, 0.2) is 5.78 Å². The van der Waals surface area contributed by atoms with Gasteiger partial charge < -0.3 is 15.7 Å². The Morgan fingerprint density at radius 2 is 1.70 bits per heavy atom. The van der Waals surface area contributed by atoms with E-state index in [2.05, 4.69) is 10.6 Å². The third-order valence-corrected chi connectivity index (χ3v) is 2.92. The van der Waals surface area contributed by atoms with Crippen molar-refractivity contribution in [1.82, 2.24) is 5.32 Å². The zero-order valence-electron chi connectivity index (χ0n) is 11.8. The van der Waals surface area contributed by atoms with Crippen molar-refractivity contribution < 1.29 is 14.7 Å². The zero-order chi connectivity index (χ0) is 14.8. The summed E-state index contributed by atoms with van der Waals surface area (Å²) in [5, 5.41) is 14.1. The van der Waals surface area contributed by atoms with Crippen LogP contribution in [0.1, 0.15) is 43.0 Å². The summed E-state index contributed by atoms with van der Waals surface area (Å²) in [6.07, 6.45) is 3.69. The number of aliphatic hydroxyl groups is 1. The molecule has 0 unspecified atom stereocenters. The van der Waals surface area contributed by atoms with Crippen molar-refractivity contribution in [1.29, 1.82) is 0 Å². The first kappa shape index (κ1) is 16.2. The van der Waals surface area contributed by atoms with Crippen LogP contribution >= 0.6 is 0 Å². The molecule has 2 amide bonds. The second-order valence-corrected chi connectivity index (χ2v) is 4.65. The Morgan fingerprint density at radius 3 is 2.30 bits per heavy atom. The lowest BCUT2D eigenvalue weighted by molar-refractivity contribution is 0.101. The number of amides is 2. The van der Waals surface area contributed by atoms with Crippen molar-refractivity contribution in [2.45, 2.75) is 32.6 Å². The SMILES string of the molecule is CC(=O)c1ccc(NC(=O)NCCCCCCO)cc1. The summed E-state index contributed by atoms with van der Waals surface area (Å²) in [7, 11) is 0. The van der Waals surface area contributed by atoms with Crippen LogP contribution in [-0.2, 0) is 0 Å². The van der Waals surface area contributed by atoms with E-state index in [9.17, 15) is 9.59 Å². The van der Waals surface area contributed by atoms with Crippen LogP contribution in [0.15, 0.2) is 24.3 Å². The molecule has 0 heterocycles. The van der Waals surface area contributed by atoms with E-state index in [-0.39, 0.29) is 18.4 Å². The van der Waals surface area contributed by atoms with Gasteiger partial charge in [-0.05, 0) is 44.0 Å². The highest BCUT2D eigenvalue weighted by Gasteiger charge is 2.02. The fourth-order valence-electron chi connectivity index (χ4n) is 1.76. The first-order valence-corrected chi connectivity index (χ1v) is 6.90. The molecule has 0 fully saturated rings. The average Bonchev–Trinajstić information content (AvgIpc) is 2.43. The third kappa shape index (κ3) is 6.33. The van der Waals surface area contributed by atoms with Gasteiger partial charge >= 0.3 is 6.03 Å². The minimum absolute atomic E-state index is 0.00359. The Bertz CT molecular complexity index is 429. The minimum Gasteiger partial charge on any atom is -0.396 e. The quantitative estimate of drug-likeness (QED) is 0.505. The molecule has 0 aliphatic rings. The Balaban J connectivity index is 2.23. The number of urea groups is 1. The molecule has 0 saturated heterocycles. The highest BCUT2D eigenvalue weighted by atomic mass is 16.3. The van der Waals surface area contributed by atoms with E-state index in [1.807, 2.05) is 0 Å². The molecule has 5 nitrogen and oxygen atoms in total. The summed E-state index contributed by atoms with van der Waals surface area (Å²) >= 11 is 0. The molecule has 3 N–H and O–H groups in total. The lowest BCUT2D eigenvalue weighted by atomic mass is 10.1. The van der Waals surface area contributed by atoms with Gasteiger partial charge in [0.05, 0.1) is 0 Å². The van der Waals surface area contributed by atoms with E-state index >= 15 is 0 Å². The highest BCUT2D eigenvalue weighted by molar-refractivity contribution is 5.95. The molecule has 110 valence electrons. The first-order chi connectivity index (χ1) is 9.63. The van der Waals surface area contributed by atoms with Gasteiger partial charge in [0.1, 0.15) is 0 Å². The number of ketones is 1. The van der Waals surface area contributed by atoms with E-state index in [1.54, 1.807) is 24.3 Å². The van der Waals surface area contributed by atoms with Gasteiger partial charge in [-0.15, -0.1) is 0 Å². The monoisotopic (exact) mass is 278 g/mol. The number of anilines is 1. The zero-order valence-corrected chi connectivity index (χ0v) is 11.8. The Labute approximate surface area is 119 Å². The van der Waals surface area contributed by atoms with Gasteiger partial charge in [0.25, 0.3) is 0 Å². The van der Waals surface area contributed by atoms with Crippen LogP contribution in [0.3, 0.4) is 0 Å². The summed E-state index contributed by atoms with van der Waals surface area (Å²) in [6.45, 7) is 2.35. The number of benzene rings is 1. The van der Waals surface area contributed by atoms with Gasteiger partial charge in [0, 0.05) is 24.4 Å². The van der Waals surface area contributed by atoms with Crippen molar-refractivity contribution in [2.24, 2.45) is 0 Å². The van der Waals surface area contributed by atoms with E-state index in [0.29, 0.717) is 17.8 Å². The second-order valence-electron chi connectivity index (χ2n) is 4.65. The smallest absolute Gasteiger partial charge is 0.319 e. The van der Waals surface area contributed by atoms with Crippen molar-refractivity contribution >= 4 is 17.5 Å². The maximum atomic E-state index is 11.6. The van der Waals surface area contributed by atoms with Crippen molar-refractivity contribution in [3.8, 4) is 0 Å². The normalized spacial score (nSPS) is 10.1. The lowest BCUT2D eigenvalue weighted by Gasteiger charge is -2.07. The average molecular weight is 278 g/mol. The van der Waals surface area contributed by atoms with Gasteiger partial charge in [-0.25, -0.2) is 4.79 Å². The number of nitrogens with one attached hydrogen (secondary N) is 2. The molecule has 1 aromatic rings. The Kier molecular flexibility index (Phi) is 7.35. The number of unbranched alkanes of at least 4 members (excludes halogenated alkanes) is 3. The molecule has 0 aliphatic carbocycles. The molecule has 5 heteroatoms. The number of carbonyl (C=O) groups excluding carboxylic acids is 2. The maximum absolute atomic E-state index is 11.6. The molecular weight excluding hydrogens is 256 g/mol. The predicted molar refractivity (Wildman–Crippen MR) is 79.0 cm³/mol. The number of hydrogen-bond acceptors (Lipinski definition) is 3. The van der Waals surface area contributed by atoms with E-state index < -0.39 is 0 Å². The van der Waals surface area contributed by atoms with Crippen LogP contribution in [0.5, 0.6) is 0 Å². The molecule has 0 aromatic heterocycles. The van der Waals surface area contributed by atoms with E-state index in [0.717, 1.165) is 25.7 Å². The number of hydrogen-bond donors (Lipinski definition) is 3. The molecule has 0 radical (unpaired) electrons. The van der Waals surface area contributed by atoms with E-state index in [4.69, 9.17) is 5.11 Å². The van der Waals surface area contributed by atoms with Gasteiger partial charge in [-0.1, -0.05) is 12.8 Å². The molecular formula is C15H22N2O3. The Hall–Kier alpha value is -1.88. The van der Waals surface area contributed by atoms with Crippen LogP contribution in [0.2, 0.25) is 0 Å². The summed E-state index contributed by atoms with van der Waals surface area (Å²) in [5.74, 6) is 0.00359. The molecule has 1 rings (SSSR count). The molecule has 0 atom stereocenters. The molecule has 0 spiro atoms. The molecule has 20 heavy (non-hydrogen) atoms. The molecule has 0 bridgehead atoms. The first-order valence-electron chi connectivity index (χ1n) is 6.90. The van der Waals surface area contributed by atoms with Crippen LogP contribution in [0.4, 0.5) is 10.5 Å². The van der Waals surface area contributed by atoms with Crippen molar-refractivity contribution in [2.75, 3.05) is 18.5 Å². The predicted octanol–water partition coefficient (Wildman–Crippen LogP) is 2.56. The van der Waals surface area contributed by atoms with Gasteiger partial charge in [-0.3, -0.25) is 4.79 Å². The standard InChI is InChI=1S/C15H22N2O3/c1-12(19)13-6-8-14(9-7-13)17-15(20)16-10-4-2-3-5-11-18/h6-9,18H,2-5,10-11H2,1H3,(H2,16,17,20). The van der Waals surface area contributed by atoms with Crippen LogP contribution in [-0.4, -0.2) is 30.1 Å². The maximum Gasteiger partial charge on any atom is 0.319 e. The van der Waals surface area contributed by atoms with Crippen LogP contribution < -0.4 is 10.6 Å².